The Morgan fingerprint density at radius 1 is 1.29 bits per heavy atom. The summed E-state index contributed by atoms with van der Waals surface area (Å²) >= 11 is 0. The Kier molecular flexibility index (Phi) is 3.43. The number of esters is 1. The van der Waals surface area contributed by atoms with Crippen LogP contribution in [0.25, 0.3) is 0 Å². The highest BCUT2D eigenvalue weighted by atomic mass is 16.5. The van der Waals surface area contributed by atoms with Crippen LogP contribution in [0.15, 0.2) is 36.4 Å². The largest absolute Gasteiger partial charge is 0.423 e. The summed E-state index contributed by atoms with van der Waals surface area (Å²) < 4.78 is 4.83. The van der Waals surface area contributed by atoms with E-state index in [0.717, 1.165) is 12.2 Å². The highest BCUT2D eigenvalue weighted by molar-refractivity contribution is 5.88. The van der Waals surface area contributed by atoms with Crippen LogP contribution in [0.5, 0.6) is 5.75 Å². The number of carbonyl (C=O) groups is 2. The number of aldehydes is 1. The molecule has 1 rings (SSSR count). The molecule has 0 radical (unpaired) electrons. The van der Waals surface area contributed by atoms with Gasteiger partial charge < -0.3 is 10.5 Å². The topological polar surface area (TPSA) is 69.4 Å². The third-order valence-corrected chi connectivity index (χ3v) is 1.41. The van der Waals surface area contributed by atoms with E-state index in [1.165, 1.54) is 0 Å². The SMILES string of the molecule is Nc1ccc(OC(=O)/C=C\C=O)cc1. The van der Waals surface area contributed by atoms with E-state index in [1.807, 2.05) is 0 Å². The molecule has 1 aromatic carbocycles. The maximum atomic E-state index is 11.0. The summed E-state index contributed by atoms with van der Waals surface area (Å²) in [5, 5.41) is 0. The highest BCUT2D eigenvalue weighted by Crippen LogP contribution is 2.13. The molecule has 0 bridgehead atoms. The van der Waals surface area contributed by atoms with Crippen LogP contribution in [-0.4, -0.2) is 12.3 Å². The van der Waals surface area contributed by atoms with E-state index in [4.69, 9.17) is 10.5 Å². The molecule has 4 nitrogen and oxygen atoms in total. The average Bonchev–Trinajstić information content (AvgIpc) is 2.18. The molecule has 0 saturated heterocycles. The number of hydrogen-bond donors (Lipinski definition) is 1. The number of benzene rings is 1. The van der Waals surface area contributed by atoms with Gasteiger partial charge in [0.15, 0.2) is 0 Å². The summed E-state index contributed by atoms with van der Waals surface area (Å²) in [6, 6.07) is 6.38. The molecule has 0 amide bonds. The van der Waals surface area contributed by atoms with Gasteiger partial charge in [0.25, 0.3) is 0 Å². The lowest BCUT2D eigenvalue weighted by atomic mass is 10.3. The number of nitrogens with two attached hydrogens (primary N) is 1. The van der Waals surface area contributed by atoms with Gasteiger partial charge in [0.2, 0.25) is 0 Å². The van der Waals surface area contributed by atoms with Gasteiger partial charge in [0.1, 0.15) is 12.0 Å². The summed E-state index contributed by atoms with van der Waals surface area (Å²) in [7, 11) is 0. The van der Waals surface area contributed by atoms with Crippen LogP contribution < -0.4 is 10.5 Å². The van der Waals surface area contributed by atoms with Gasteiger partial charge in [-0.1, -0.05) is 0 Å². The van der Waals surface area contributed by atoms with Crippen molar-refractivity contribution in [2.45, 2.75) is 0 Å². The first-order valence-electron chi connectivity index (χ1n) is 3.91. The Morgan fingerprint density at radius 2 is 1.93 bits per heavy atom. The molecule has 0 aliphatic carbocycles. The normalized spacial score (nSPS) is 10.0. The molecule has 0 aromatic heterocycles. The summed E-state index contributed by atoms with van der Waals surface area (Å²) in [6.07, 6.45) is 2.62. The Morgan fingerprint density at radius 3 is 2.50 bits per heavy atom. The van der Waals surface area contributed by atoms with E-state index < -0.39 is 5.97 Å². The van der Waals surface area contributed by atoms with Gasteiger partial charge in [-0.15, -0.1) is 0 Å². The lowest BCUT2D eigenvalue weighted by Gasteiger charge is -2.00. The number of rotatable bonds is 3. The first-order valence-corrected chi connectivity index (χ1v) is 3.91. The molecule has 0 saturated carbocycles. The van der Waals surface area contributed by atoms with E-state index in [2.05, 4.69) is 0 Å². The minimum Gasteiger partial charge on any atom is -0.423 e. The number of allylic oxidation sites excluding steroid dienone is 1. The number of hydrogen-bond acceptors (Lipinski definition) is 4. The Hall–Kier alpha value is -2.10. The van der Waals surface area contributed by atoms with E-state index in [-0.39, 0.29) is 0 Å². The van der Waals surface area contributed by atoms with Gasteiger partial charge in [-0.2, -0.15) is 0 Å². The summed E-state index contributed by atoms with van der Waals surface area (Å²) in [4.78, 5) is 20.9. The average molecular weight is 191 g/mol. The molecule has 0 atom stereocenters. The van der Waals surface area contributed by atoms with Gasteiger partial charge >= 0.3 is 5.97 Å². The molecule has 0 aliphatic rings. The molecule has 72 valence electrons. The van der Waals surface area contributed by atoms with Crippen molar-refractivity contribution in [3.05, 3.63) is 36.4 Å². The van der Waals surface area contributed by atoms with Crippen molar-refractivity contribution in [1.82, 2.24) is 0 Å². The summed E-state index contributed by atoms with van der Waals surface area (Å²) in [6.45, 7) is 0. The van der Waals surface area contributed by atoms with Crippen LogP contribution in [-0.2, 0) is 9.59 Å². The molecule has 0 spiro atoms. The lowest BCUT2D eigenvalue weighted by Crippen LogP contribution is -2.03. The second-order valence-electron chi connectivity index (χ2n) is 2.49. The second-order valence-corrected chi connectivity index (χ2v) is 2.49. The van der Waals surface area contributed by atoms with E-state index in [0.29, 0.717) is 17.7 Å². The zero-order valence-electron chi connectivity index (χ0n) is 7.34. The Balaban J connectivity index is 2.60. The first kappa shape index (κ1) is 9.98. The monoisotopic (exact) mass is 191 g/mol. The van der Waals surface area contributed by atoms with Crippen LogP contribution in [0.1, 0.15) is 0 Å². The van der Waals surface area contributed by atoms with Crippen LogP contribution in [0.4, 0.5) is 5.69 Å². The fourth-order valence-corrected chi connectivity index (χ4v) is 0.804. The molecule has 2 N–H and O–H groups in total. The van der Waals surface area contributed by atoms with Crippen LogP contribution >= 0.6 is 0 Å². The van der Waals surface area contributed by atoms with Crippen LogP contribution in [0.3, 0.4) is 0 Å². The van der Waals surface area contributed by atoms with Crippen molar-refractivity contribution in [2.75, 3.05) is 5.73 Å². The number of nitrogen functional groups attached to an aromatic ring is 1. The van der Waals surface area contributed by atoms with Gasteiger partial charge in [-0.3, -0.25) is 4.79 Å². The minimum absolute atomic E-state index is 0.389. The first-order chi connectivity index (χ1) is 6.72. The van der Waals surface area contributed by atoms with Gasteiger partial charge in [-0.05, 0) is 30.3 Å². The third-order valence-electron chi connectivity index (χ3n) is 1.41. The van der Waals surface area contributed by atoms with Gasteiger partial charge in [-0.25, -0.2) is 4.79 Å². The second kappa shape index (κ2) is 4.81. The number of carbonyl (C=O) groups excluding carboxylic acids is 2. The van der Waals surface area contributed by atoms with Crippen molar-refractivity contribution in [2.24, 2.45) is 0 Å². The third kappa shape index (κ3) is 3.10. The van der Waals surface area contributed by atoms with Crippen LogP contribution in [0.2, 0.25) is 0 Å². The van der Waals surface area contributed by atoms with Gasteiger partial charge in [0.05, 0.1) is 0 Å². The van der Waals surface area contributed by atoms with Crippen molar-refractivity contribution >= 4 is 17.9 Å². The zero-order valence-corrected chi connectivity index (χ0v) is 7.34. The smallest absolute Gasteiger partial charge is 0.336 e. The molecule has 0 aliphatic heterocycles. The van der Waals surface area contributed by atoms with Crippen molar-refractivity contribution < 1.29 is 14.3 Å². The highest BCUT2D eigenvalue weighted by Gasteiger charge is 1.98. The fourth-order valence-electron chi connectivity index (χ4n) is 0.804. The molecule has 14 heavy (non-hydrogen) atoms. The van der Waals surface area contributed by atoms with Crippen LogP contribution in [0, 0.1) is 0 Å². The Labute approximate surface area is 81.0 Å². The summed E-state index contributed by atoms with van der Waals surface area (Å²) in [5.41, 5.74) is 6.03. The fraction of sp³-hybridized carbons (Fsp3) is 0. The van der Waals surface area contributed by atoms with Crippen molar-refractivity contribution in [1.29, 1.82) is 0 Å². The molecule has 0 heterocycles. The van der Waals surface area contributed by atoms with Crippen molar-refractivity contribution in [3.8, 4) is 5.75 Å². The molecular weight excluding hydrogens is 182 g/mol. The maximum absolute atomic E-state index is 11.0. The quantitative estimate of drug-likeness (QED) is 0.254. The predicted molar refractivity (Wildman–Crippen MR) is 51.7 cm³/mol. The predicted octanol–water partition coefficient (Wildman–Crippen LogP) is 0.929. The van der Waals surface area contributed by atoms with E-state index in [1.54, 1.807) is 24.3 Å². The zero-order chi connectivity index (χ0) is 10.4. The van der Waals surface area contributed by atoms with Gasteiger partial charge in [0, 0.05) is 11.8 Å². The maximum Gasteiger partial charge on any atom is 0.336 e. The van der Waals surface area contributed by atoms with E-state index in [9.17, 15) is 9.59 Å². The standard InChI is InChI=1S/C10H9NO3/c11-8-3-5-9(6-4-8)14-10(13)2-1-7-12/h1-7H,11H2/b2-1-. The lowest BCUT2D eigenvalue weighted by molar-refractivity contribution is -0.129. The minimum atomic E-state index is -0.595. The van der Waals surface area contributed by atoms with Crippen molar-refractivity contribution in [3.63, 3.8) is 0 Å². The molecular formula is C10H9NO3. The Bertz CT molecular complexity index is 354. The van der Waals surface area contributed by atoms with E-state index >= 15 is 0 Å². The molecule has 4 heteroatoms. The number of ether oxygens (including phenoxy) is 1. The number of anilines is 1. The molecule has 0 unspecified atom stereocenters. The molecule has 1 aromatic rings. The summed E-state index contributed by atoms with van der Waals surface area (Å²) in [5.74, 6) is -0.207. The molecule has 0 fully saturated rings.